The minimum absolute atomic E-state index is 0.0849. The molecule has 0 unspecified atom stereocenters. The van der Waals surface area contributed by atoms with Crippen LogP contribution in [0.1, 0.15) is 49.5 Å². The normalized spacial score (nSPS) is 22.8. The van der Waals surface area contributed by atoms with Crippen LogP contribution in [0.2, 0.25) is 5.02 Å². The van der Waals surface area contributed by atoms with Crippen LogP contribution in [0.4, 0.5) is 0 Å². The van der Waals surface area contributed by atoms with Gasteiger partial charge in [0.25, 0.3) is 5.91 Å². The van der Waals surface area contributed by atoms with Gasteiger partial charge in [-0.1, -0.05) is 18.5 Å². The lowest BCUT2D eigenvalue weighted by molar-refractivity contribution is 0.0617. The van der Waals surface area contributed by atoms with Crippen molar-refractivity contribution in [2.75, 3.05) is 6.54 Å². The highest BCUT2D eigenvalue weighted by molar-refractivity contribution is 6.31. The van der Waals surface area contributed by atoms with Crippen LogP contribution in [0.25, 0.3) is 0 Å². The molecule has 1 aromatic rings. The van der Waals surface area contributed by atoms with Gasteiger partial charge in [0.15, 0.2) is 0 Å². The van der Waals surface area contributed by atoms with Crippen molar-refractivity contribution in [2.45, 2.75) is 51.1 Å². The van der Waals surface area contributed by atoms with Gasteiger partial charge in [-0.25, -0.2) is 0 Å². The molecule has 1 aliphatic carbocycles. The highest BCUT2D eigenvalue weighted by Crippen LogP contribution is 2.25. The Morgan fingerprint density at radius 1 is 1.45 bits per heavy atom. The van der Waals surface area contributed by atoms with Crippen LogP contribution < -0.4 is 5.73 Å². The third kappa shape index (κ3) is 3.36. The van der Waals surface area contributed by atoms with E-state index in [0.29, 0.717) is 22.8 Å². The summed E-state index contributed by atoms with van der Waals surface area (Å²) >= 11 is 5.99. The molecule has 1 heterocycles. The summed E-state index contributed by atoms with van der Waals surface area (Å²) in [6.07, 6.45) is 6.76. The standard InChI is InChI=1S/C15H24ClN3O/c1-3-8-19(13-6-4-12(17)5-7-13)15(20)14-9-11(16)10-18(14)2/h9-10,12-13H,3-8,17H2,1-2H3. The molecule has 0 aliphatic heterocycles. The van der Waals surface area contributed by atoms with Gasteiger partial charge in [-0.3, -0.25) is 4.79 Å². The van der Waals surface area contributed by atoms with Crippen molar-refractivity contribution in [3.8, 4) is 0 Å². The molecule has 0 saturated heterocycles. The first-order valence-corrected chi connectivity index (χ1v) is 7.79. The number of amides is 1. The molecular weight excluding hydrogens is 274 g/mol. The van der Waals surface area contributed by atoms with Gasteiger partial charge < -0.3 is 15.2 Å². The molecule has 5 heteroatoms. The van der Waals surface area contributed by atoms with E-state index in [1.165, 1.54) is 0 Å². The molecule has 1 saturated carbocycles. The molecule has 0 aromatic carbocycles. The summed E-state index contributed by atoms with van der Waals surface area (Å²) in [6.45, 7) is 2.90. The lowest BCUT2D eigenvalue weighted by atomic mass is 9.90. The zero-order valence-electron chi connectivity index (χ0n) is 12.3. The molecule has 0 spiro atoms. The smallest absolute Gasteiger partial charge is 0.270 e. The van der Waals surface area contributed by atoms with Gasteiger partial charge in [0.05, 0.1) is 5.02 Å². The van der Waals surface area contributed by atoms with E-state index in [-0.39, 0.29) is 5.91 Å². The minimum atomic E-state index is 0.0849. The summed E-state index contributed by atoms with van der Waals surface area (Å²) in [5, 5.41) is 0.609. The van der Waals surface area contributed by atoms with Crippen molar-refractivity contribution in [3.05, 3.63) is 23.0 Å². The van der Waals surface area contributed by atoms with Crippen molar-refractivity contribution in [1.82, 2.24) is 9.47 Å². The number of carbonyl (C=O) groups excluding carboxylic acids is 1. The number of rotatable bonds is 4. The molecule has 4 nitrogen and oxygen atoms in total. The second-order valence-corrected chi connectivity index (χ2v) is 6.16. The third-order valence-corrected chi connectivity index (χ3v) is 4.30. The Kier molecular flexibility index (Phi) is 5.11. The van der Waals surface area contributed by atoms with Crippen LogP contribution in [0, 0.1) is 0 Å². The average molecular weight is 298 g/mol. The molecule has 0 radical (unpaired) electrons. The highest BCUT2D eigenvalue weighted by Gasteiger charge is 2.29. The van der Waals surface area contributed by atoms with Gasteiger partial charge in [0.1, 0.15) is 5.69 Å². The Labute approximate surface area is 125 Å². The second kappa shape index (κ2) is 6.64. The average Bonchev–Trinajstić information content (AvgIpc) is 2.75. The Bertz CT molecular complexity index is 464. The SMILES string of the molecule is CCCN(C(=O)c1cc(Cl)cn1C)C1CCC(N)CC1. The molecule has 20 heavy (non-hydrogen) atoms. The largest absolute Gasteiger partial charge is 0.345 e. The van der Waals surface area contributed by atoms with E-state index >= 15 is 0 Å². The summed E-state index contributed by atoms with van der Waals surface area (Å²) in [5.74, 6) is 0.0849. The molecule has 1 aliphatic rings. The van der Waals surface area contributed by atoms with Gasteiger partial charge in [-0.05, 0) is 38.2 Å². The summed E-state index contributed by atoms with van der Waals surface area (Å²) in [7, 11) is 1.86. The molecule has 2 rings (SSSR count). The van der Waals surface area contributed by atoms with Crippen molar-refractivity contribution in [1.29, 1.82) is 0 Å². The summed E-state index contributed by atoms with van der Waals surface area (Å²) in [5.41, 5.74) is 6.63. The number of carbonyl (C=O) groups is 1. The maximum absolute atomic E-state index is 12.8. The highest BCUT2D eigenvalue weighted by atomic mass is 35.5. The Morgan fingerprint density at radius 3 is 2.60 bits per heavy atom. The van der Waals surface area contributed by atoms with Gasteiger partial charge in [-0.15, -0.1) is 0 Å². The van der Waals surface area contributed by atoms with E-state index in [0.717, 1.165) is 38.6 Å². The molecule has 0 atom stereocenters. The minimum Gasteiger partial charge on any atom is -0.345 e. The van der Waals surface area contributed by atoms with Gasteiger partial charge in [0.2, 0.25) is 0 Å². The van der Waals surface area contributed by atoms with Crippen molar-refractivity contribution >= 4 is 17.5 Å². The topological polar surface area (TPSA) is 51.3 Å². The van der Waals surface area contributed by atoms with E-state index in [4.69, 9.17) is 17.3 Å². The van der Waals surface area contributed by atoms with Crippen molar-refractivity contribution < 1.29 is 4.79 Å². The lowest BCUT2D eigenvalue weighted by Crippen LogP contribution is -2.45. The Morgan fingerprint density at radius 2 is 2.10 bits per heavy atom. The van der Waals surface area contributed by atoms with Crippen LogP contribution in [0.15, 0.2) is 12.3 Å². The van der Waals surface area contributed by atoms with Crippen LogP contribution in [-0.2, 0) is 7.05 Å². The fraction of sp³-hybridized carbons (Fsp3) is 0.667. The molecular formula is C15H24ClN3O. The van der Waals surface area contributed by atoms with Crippen LogP contribution in [-0.4, -0.2) is 34.0 Å². The Hall–Kier alpha value is -1.00. The number of nitrogens with two attached hydrogens (primary N) is 1. The maximum atomic E-state index is 12.8. The zero-order valence-corrected chi connectivity index (χ0v) is 13.1. The van der Waals surface area contributed by atoms with Crippen LogP contribution in [0.5, 0.6) is 0 Å². The molecule has 2 N–H and O–H groups in total. The fourth-order valence-corrected chi connectivity index (χ4v) is 3.24. The molecule has 112 valence electrons. The fourth-order valence-electron chi connectivity index (χ4n) is 2.99. The predicted molar refractivity (Wildman–Crippen MR) is 82.0 cm³/mol. The molecule has 1 amide bonds. The summed E-state index contributed by atoms with van der Waals surface area (Å²) in [6, 6.07) is 2.37. The number of halogens is 1. The summed E-state index contributed by atoms with van der Waals surface area (Å²) in [4.78, 5) is 14.8. The van der Waals surface area contributed by atoms with E-state index in [2.05, 4.69) is 6.92 Å². The van der Waals surface area contributed by atoms with E-state index < -0.39 is 0 Å². The van der Waals surface area contributed by atoms with E-state index in [1.807, 2.05) is 16.5 Å². The van der Waals surface area contributed by atoms with Gasteiger partial charge >= 0.3 is 0 Å². The first kappa shape index (κ1) is 15.4. The zero-order chi connectivity index (χ0) is 14.7. The lowest BCUT2D eigenvalue weighted by Gasteiger charge is -2.36. The van der Waals surface area contributed by atoms with Gasteiger partial charge in [0, 0.05) is 31.9 Å². The molecule has 1 fully saturated rings. The monoisotopic (exact) mass is 297 g/mol. The van der Waals surface area contributed by atoms with E-state index in [9.17, 15) is 4.79 Å². The number of hydrogen-bond acceptors (Lipinski definition) is 2. The quantitative estimate of drug-likeness (QED) is 0.929. The number of aromatic nitrogens is 1. The van der Waals surface area contributed by atoms with E-state index in [1.54, 1.807) is 12.3 Å². The van der Waals surface area contributed by atoms with Crippen molar-refractivity contribution in [2.24, 2.45) is 12.8 Å². The van der Waals surface area contributed by atoms with Crippen molar-refractivity contribution in [3.63, 3.8) is 0 Å². The molecule has 0 bridgehead atoms. The summed E-state index contributed by atoms with van der Waals surface area (Å²) < 4.78 is 1.81. The third-order valence-electron chi connectivity index (χ3n) is 4.10. The number of hydrogen-bond donors (Lipinski definition) is 1. The predicted octanol–water partition coefficient (Wildman–Crippen LogP) is 2.80. The van der Waals surface area contributed by atoms with Crippen LogP contribution >= 0.6 is 11.6 Å². The van der Waals surface area contributed by atoms with Gasteiger partial charge in [-0.2, -0.15) is 0 Å². The first-order chi connectivity index (χ1) is 9.52. The maximum Gasteiger partial charge on any atom is 0.270 e. The first-order valence-electron chi connectivity index (χ1n) is 7.41. The second-order valence-electron chi connectivity index (χ2n) is 5.72. The number of aryl methyl sites for hydroxylation is 1. The molecule has 1 aromatic heterocycles. The Balaban J connectivity index is 2.15. The number of nitrogens with zero attached hydrogens (tertiary/aromatic N) is 2. The van der Waals surface area contributed by atoms with Crippen LogP contribution in [0.3, 0.4) is 0 Å².